The molecule has 4 atom stereocenters. The predicted molar refractivity (Wildman–Crippen MR) is 146 cm³/mol. The van der Waals surface area contributed by atoms with E-state index in [9.17, 15) is 24.6 Å². The number of rotatable bonds is 5. The number of hydrogen-bond acceptors (Lipinski definition) is 10. The molecule has 1 aromatic carbocycles. The van der Waals surface area contributed by atoms with Crippen LogP contribution in [0.2, 0.25) is 0 Å². The van der Waals surface area contributed by atoms with Crippen LogP contribution >= 0.6 is 0 Å². The van der Waals surface area contributed by atoms with Gasteiger partial charge in [-0.25, -0.2) is 14.7 Å². The van der Waals surface area contributed by atoms with Gasteiger partial charge >= 0.3 is 18.0 Å². The third-order valence-electron chi connectivity index (χ3n) is 9.67. The molecule has 224 valence electrons. The second-order valence-electron chi connectivity index (χ2n) is 12.7. The van der Waals surface area contributed by atoms with Crippen LogP contribution in [0, 0.1) is 0 Å². The van der Waals surface area contributed by atoms with Gasteiger partial charge in [0.2, 0.25) is 5.91 Å². The van der Waals surface area contributed by atoms with Crippen LogP contribution < -0.4 is 37.1 Å². The van der Waals surface area contributed by atoms with Crippen molar-refractivity contribution in [3.63, 3.8) is 0 Å². The molecule has 0 radical (unpaired) electrons. The number of ether oxygens (including phenoxy) is 1. The topological polar surface area (TPSA) is 212 Å². The number of guanidine groups is 2. The number of imide groups is 1. The van der Waals surface area contributed by atoms with Gasteiger partial charge in [-0.15, -0.1) is 0 Å². The summed E-state index contributed by atoms with van der Waals surface area (Å²) in [5.41, 5.74) is 11.9. The first-order chi connectivity index (χ1) is 19.8. The van der Waals surface area contributed by atoms with Gasteiger partial charge in [-0.2, -0.15) is 0 Å². The van der Waals surface area contributed by atoms with Crippen LogP contribution in [0.3, 0.4) is 0 Å². The molecule has 1 spiro atoms. The Morgan fingerprint density at radius 1 is 1.26 bits per heavy atom. The Hall–Kier alpha value is -4.11. The highest BCUT2D eigenvalue weighted by molar-refractivity contribution is 6.02. The highest BCUT2D eigenvalue weighted by Gasteiger charge is 2.78. The van der Waals surface area contributed by atoms with Crippen molar-refractivity contribution >= 4 is 29.8 Å². The van der Waals surface area contributed by atoms with E-state index in [1.54, 1.807) is 17.0 Å². The fraction of sp³-hybridized carbons (Fsp3) is 0.593. The summed E-state index contributed by atoms with van der Waals surface area (Å²) in [7, 11) is 0. The number of benzene rings is 1. The van der Waals surface area contributed by atoms with Crippen LogP contribution in [0.5, 0.6) is 5.75 Å². The molecule has 5 aliphatic heterocycles. The summed E-state index contributed by atoms with van der Waals surface area (Å²) in [5, 5.41) is 32.5. The number of urea groups is 1. The van der Waals surface area contributed by atoms with E-state index in [1.165, 1.54) is 4.58 Å². The number of fused-ring (bicyclic) bond motifs is 1. The number of aliphatic hydroxyl groups is 2. The molecule has 2 saturated heterocycles. The summed E-state index contributed by atoms with van der Waals surface area (Å²) in [5.74, 6) is -2.87. The van der Waals surface area contributed by atoms with Gasteiger partial charge < -0.3 is 25.2 Å². The monoisotopic (exact) mass is 583 g/mol. The molecule has 7 rings (SSSR count). The number of nitrogens with one attached hydrogen (secondary N) is 4. The molecular weight excluding hydrogens is 546 g/mol. The molecule has 15 nitrogen and oxygen atoms in total. The number of carbonyl (C=O) groups excluding carboxylic acids is 3. The predicted octanol–water partition coefficient (Wildman–Crippen LogP) is -4.67. The second-order valence-corrected chi connectivity index (χ2v) is 12.7. The van der Waals surface area contributed by atoms with Gasteiger partial charge in [0.05, 0.1) is 25.3 Å². The molecule has 4 amide bonds. The molecule has 1 aliphatic carbocycles. The summed E-state index contributed by atoms with van der Waals surface area (Å²) < 4.78 is 7.42. The Labute approximate surface area is 241 Å². The molecule has 15 heteroatoms. The number of nitrogens with zero attached hydrogens (tertiary/aromatic N) is 3. The summed E-state index contributed by atoms with van der Waals surface area (Å²) in [4.78, 5) is 45.3. The minimum absolute atomic E-state index is 0.0133. The molecule has 2 unspecified atom stereocenters. The average molecular weight is 584 g/mol. The average Bonchev–Trinajstić information content (AvgIpc) is 3.59. The number of amides is 4. The Kier molecular flexibility index (Phi) is 5.55. The van der Waals surface area contributed by atoms with Gasteiger partial charge in [-0.05, 0) is 30.7 Å². The quantitative estimate of drug-likeness (QED) is 0.0943. The maximum atomic E-state index is 13.6. The first kappa shape index (κ1) is 26.8. The SMILES string of the molecule is CC1(C)CCOc2c(C(=O)NC3C[N+]4=C(N)N[C@@H](CN5C(=O)CN(C6CC6)C5=O)[C@@H]5[NH+]=C(N)NC54C3(O)O)cccc21. The maximum absolute atomic E-state index is 13.6. The van der Waals surface area contributed by atoms with Crippen LogP contribution in [0.25, 0.3) is 0 Å². The number of para-hydroxylation sites is 1. The van der Waals surface area contributed by atoms with Gasteiger partial charge in [-0.1, -0.05) is 26.0 Å². The van der Waals surface area contributed by atoms with E-state index in [-0.39, 0.29) is 60.5 Å². The maximum Gasteiger partial charge on any atom is 0.347 e. The van der Waals surface area contributed by atoms with E-state index in [2.05, 4.69) is 34.8 Å². The molecule has 1 aromatic rings. The van der Waals surface area contributed by atoms with Gasteiger partial charge in [0, 0.05) is 11.6 Å². The second kappa shape index (κ2) is 8.70. The fourth-order valence-corrected chi connectivity index (χ4v) is 7.19. The van der Waals surface area contributed by atoms with Crippen molar-refractivity contribution < 1.29 is 38.9 Å². The van der Waals surface area contributed by atoms with E-state index < -0.39 is 35.5 Å². The lowest BCUT2D eigenvalue weighted by molar-refractivity contribution is -0.674. The van der Waals surface area contributed by atoms with Crippen LogP contribution in [-0.4, -0.2) is 116 Å². The zero-order chi connectivity index (χ0) is 29.8. The Balaban J connectivity index is 1.18. The van der Waals surface area contributed by atoms with E-state index in [0.717, 1.165) is 29.7 Å². The molecule has 6 aliphatic rings. The van der Waals surface area contributed by atoms with Crippen molar-refractivity contribution in [3.05, 3.63) is 29.3 Å². The smallest absolute Gasteiger partial charge is 0.347 e. The minimum atomic E-state index is -2.61. The van der Waals surface area contributed by atoms with Crippen molar-refractivity contribution in [1.29, 1.82) is 0 Å². The van der Waals surface area contributed by atoms with Crippen molar-refractivity contribution in [2.75, 3.05) is 26.2 Å². The summed E-state index contributed by atoms with van der Waals surface area (Å²) in [6.07, 6.45) is 2.54. The minimum Gasteiger partial charge on any atom is -0.492 e. The Morgan fingerprint density at radius 2 is 2.02 bits per heavy atom. The van der Waals surface area contributed by atoms with Gasteiger partial charge in [-0.3, -0.25) is 36.3 Å². The summed E-state index contributed by atoms with van der Waals surface area (Å²) in [6.45, 7) is 4.48. The van der Waals surface area contributed by atoms with Crippen molar-refractivity contribution in [3.8, 4) is 5.75 Å². The molecular formula is C27H37N9O6+2. The third kappa shape index (κ3) is 3.62. The lowest BCUT2D eigenvalue weighted by atomic mass is 9.79. The number of carbonyl (C=O) groups is 3. The molecule has 42 heavy (non-hydrogen) atoms. The van der Waals surface area contributed by atoms with Crippen LogP contribution in [0.4, 0.5) is 4.79 Å². The summed E-state index contributed by atoms with van der Waals surface area (Å²) in [6, 6.07) is 2.22. The van der Waals surface area contributed by atoms with E-state index in [0.29, 0.717) is 12.4 Å². The molecule has 1 saturated carbocycles. The fourth-order valence-electron chi connectivity index (χ4n) is 7.19. The molecule has 3 fully saturated rings. The van der Waals surface area contributed by atoms with Crippen molar-refractivity contribution in [2.45, 2.75) is 74.1 Å². The highest BCUT2D eigenvalue weighted by atomic mass is 16.5. The van der Waals surface area contributed by atoms with Crippen LogP contribution in [0.1, 0.15) is 49.0 Å². The zero-order valence-corrected chi connectivity index (χ0v) is 23.5. The van der Waals surface area contributed by atoms with E-state index >= 15 is 0 Å². The molecule has 5 heterocycles. The normalized spacial score (nSPS) is 32.4. The van der Waals surface area contributed by atoms with Crippen LogP contribution in [-0.2, 0) is 10.2 Å². The van der Waals surface area contributed by atoms with Crippen molar-refractivity contribution in [2.24, 2.45) is 11.5 Å². The lowest BCUT2D eigenvalue weighted by Gasteiger charge is -2.41. The molecule has 0 aromatic heterocycles. The summed E-state index contributed by atoms with van der Waals surface area (Å²) >= 11 is 0. The largest absolute Gasteiger partial charge is 0.492 e. The number of nitrogens with two attached hydrogens (primary N) is 2. The highest BCUT2D eigenvalue weighted by Crippen LogP contribution is 2.41. The van der Waals surface area contributed by atoms with Gasteiger partial charge in [0.15, 0.2) is 6.04 Å². The third-order valence-corrected chi connectivity index (χ3v) is 9.67. The Bertz CT molecular complexity index is 1470. The van der Waals surface area contributed by atoms with Gasteiger partial charge in [0.25, 0.3) is 17.4 Å². The zero-order valence-electron chi connectivity index (χ0n) is 23.5. The van der Waals surface area contributed by atoms with Crippen LogP contribution in [0.15, 0.2) is 18.2 Å². The number of hydrogen-bond donors (Lipinski definition) is 8. The Morgan fingerprint density at radius 3 is 2.76 bits per heavy atom. The first-order valence-corrected chi connectivity index (χ1v) is 14.3. The molecule has 0 bridgehead atoms. The van der Waals surface area contributed by atoms with E-state index in [1.807, 2.05) is 6.07 Å². The lowest BCUT2D eigenvalue weighted by Crippen LogP contribution is -2.92. The first-order valence-electron chi connectivity index (χ1n) is 14.3. The molecule has 10 N–H and O–H groups in total. The van der Waals surface area contributed by atoms with Crippen molar-refractivity contribution in [1.82, 2.24) is 25.8 Å². The standard InChI is InChI=1S/C27H35N9O6/c1-25(2)8-9-42-19-14(4-3-5-15(19)25)21(38)31-17-11-36-23(29)30-16(20-26(36,27(17,40)41)33-22(28)32-20)10-35-18(37)12-34(24(35)39)13-6-7-13/h3-5,13,16-17,20,40-41H,6-12H2,1-2H3,(H6,28,29,30,31,32,33,38)/p+2/t16-,17?,20-,26?/m0/s1. The van der Waals surface area contributed by atoms with E-state index in [4.69, 9.17) is 16.2 Å². The van der Waals surface area contributed by atoms with Gasteiger partial charge in [0.1, 0.15) is 24.4 Å².